The van der Waals surface area contributed by atoms with Gasteiger partial charge >= 0.3 is 6.03 Å². The number of nitrogens with zero attached hydrogens (tertiary/aromatic N) is 3. The fraction of sp³-hybridized carbons (Fsp3) is 0.471. The summed E-state index contributed by atoms with van der Waals surface area (Å²) in [6, 6.07) is 3.42. The number of rotatable bonds is 6. The zero-order valence-electron chi connectivity index (χ0n) is 14.9. The molecule has 2 aromatic heterocycles. The third-order valence-corrected chi connectivity index (χ3v) is 3.53. The summed E-state index contributed by atoms with van der Waals surface area (Å²) in [5, 5.41) is 10.1. The van der Waals surface area contributed by atoms with E-state index in [9.17, 15) is 4.79 Å². The minimum absolute atomic E-state index is 0.0859. The number of aryl methyl sites for hydroxylation is 2. The number of pyridine rings is 1. The van der Waals surface area contributed by atoms with Gasteiger partial charge in [-0.2, -0.15) is 5.10 Å². The van der Waals surface area contributed by atoms with Gasteiger partial charge in [-0.1, -0.05) is 6.07 Å². The lowest BCUT2D eigenvalue weighted by molar-refractivity contribution is 0.232. The van der Waals surface area contributed by atoms with Crippen LogP contribution in [0.1, 0.15) is 37.7 Å². The molecule has 2 aromatic rings. The predicted molar refractivity (Wildman–Crippen MR) is 93.2 cm³/mol. The summed E-state index contributed by atoms with van der Waals surface area (Å²) in [5.41, 5.74) is 3.41. The van der Waals surface area contributed by atoms with E-state index in [1.54, 1.807) is 12.3 Å². The third kappa shape index (κ3) is 4.47. The van der Waals surface area contributed by atoms with Crippen molar-refractivity contribution in [2.45, 2.75) is 53.8 Å². The topological polar surface area (TPSA) is 81.1 Å². The number of carbonyl (C=O) groups is 1. The van der Waals surface area contributed by atoms with Gasteiger partial charge in [0, 0.05) is 25.4 Å². The molecule has 0 fully saturated rings. The Morgan fingerprint density at radius 1 is 1.33 bits per heavy atom. The van der Waals surface area contributed by atoms with Gasteiger partial charge in [-0.3, -0.25) is 4.68 Å². The second kappa shape index (κ2) is 7.81. The van der Waals surface area contributed by atoms with Gasteiger partial charge in [-0.05, 0) is 40.2 Å². The van der Waals surface area contributed by atoms with E-state index in [0.29, 0.717) is 12.4 Å². The Kier molecular flexibility index (Phi) is 5.78. The Hall–Kier alpha value is -2.57. The van der Waals surface area contributed by atoms with Crippen LogP contribution in [0.25, 0.3) is 0 Å². The molecule has 7 nitrogen and oxygen atoms in total. The molecule has 2 N–H and O–H groups in total. The summed E-state index contributed by atoms with van der Waals surface area (Å²) >= 11 is 0. The molecule has 0 radical (unpaired) electrons. The van der Waals surface area contributed by atoms with Crippen molar-refractivity contribution in [1.29, 1.82) is 0 Å². The van der Waals surface area contributed by atoms with E-state index >= 15 is 0 Å². The first-order valence-corrected chi connectivity index (χ1v) is 8.11. The highest BCUT2D eigenvalue weighted by atomic mass is 16.5. The van der Waals surface area contributed by atoms with Crippen molar-refractivity contribution in [3.63, 3.8) is 0 Å². The maximum atomic E-state index is 12.1. The summed E-state index contributed by atoms with van der Waals surface area (Å²) in [5.74, 6) is 0.580. The number of carbonyl (C=O) groups excluding carboxylic acids is 1. The van der Waals surface area contributed by atoms with Gasteiger partial charge in [-0.15, -0.1) is 0 Å². The number of hydrogen-bond donors (Lipinski definition) is 2. The average molecular weight is 331 g/mol. The second-order valence-corrected chi connectivity index (χ2v) is 5.84. The molecule has 0 unspecified atom stereocenters. The van der Waals surface area contributed by atoms with E-state index in [2.05, 4.69) is 20.7 Å². The van der Waals surface area contributed by atoms with Crippen molar-refractivity contribution >= 4 is 11.7 Å². The van der Waals surface area contributed by atoms with Gasteiger partial charge in [0.25, 0.3) is 0 Å². The molecular formula is C17H25N5O2. The molecular weight excluding hydrogens is 306 g/mol. The molecule has 24 heavy (non-hydrogen) atoms. The standard InChI is InChI=1S/C17H25N5O2/c1-6-22-13(5)16(12(4)21-22)20-17(23)19-10-14-7-8-15(18-9-14)24-11(2)3/h7-9,11H,6,10H2,1-5H3,(H2,19,20,23). The largest absolute Gasteiger partial charge is 0.475 e. The van der Waals surface area contributed by atoms with E-state index in [4.69, 9.17) is 4.74 Å². The second-order valence-electron chi connectivity index (χ2n) is 5.84. The average Bonchev–Trinajstić information content (AvgIpc) is 2.81. The lowest BCUT2D eigenvalue weighted by atomic mass is 10.3. The lowest BCUT2D eigenvalue weighted by Crippen LogP contribution is -2.28. The SMILES string of the molecule is CCn1nc(C)c(NC(=O)NCc2ccc(OC(C)C)nc2)c1C. The van der Waals surface area contributed by atoms with Gasteiger partial charge in [0.15, 0.2) is 0 Å². The molecule has 130 valence electrons. The van der Waals surface area contributed by atoms with Crippen LogP contribution < -0.4 is 15.4 Å². The number of ether oxygens (including phenoxy) is 1. The highest BCUT2D eigenvalue weighted by Crippen LogP contribution is 2.19. The molecule has 2 heterocycles. The summed E-state index contributed by atoms with van der Waals surface area (Å²) < 4.78 is 7.36. The highest BCUT2D eigenvalue weighted by Gasteiger charge is 2.13. The normalized spacial score (nSPS) is 10.8. The first-order valence-electron chi connectivity index (χ1n) is 8.11. The fourth-order valence-electron chi connectivity index (χ4n) is 2.35. The number of aromatic nitrogens is 3. The van der Waals surface area contributed by atoms with Crippen molar-refractivity contribution in [1.82, 2.24) is 20.1 Å². The zero-order chi connectivity index (χ0) is 17.7. The maximum absolute atomic E-state index is 12.1. The molecule has 0 aromatic carbocycles. The number of amides is 2. The van der Waals surface area contributed by atoms with Gasteiger partial charge in [-0.25, -0.2) is 9.78 Å². The summed E-state index contributed by atoms with van der Waals surface area (Å²) in [6.45, 7) is 10.9. The molecule has 0 saturated heterocycles. The van der Waals surface area contributed by atoms with Crippen LogP contribution in [0.4, 0.5) is 10.5 Å². The van der Waals surface area contributed by atoms with Crippen molar-refractivity contribution in [3.05, 3.63) is 35.3 Å². The number of anilines is 1. The molecule has 0 aliphatic carbocycles. The minimum Gasteiger partial charge on any atom is -0.475 e. The van der Waals surface area contributed by atoms with Crippen LogP contribution in [0.3, 0.4) is 0 Å². The highest BCUT2D eigenvalue weighted by molar-refractivity contribution is 5.90. The summed E-state index contributed by atoms with van der Waals surface area (Å²) in [6.07, 6.45) is 1.78. The van der Waals surface area contributed by atoms with Crippen LogP contribution in [-0.4, -0.2) is 26.9 Å². The number of urea groups is 1. The molecule has 0 bridgehead atoms. The van der Waals surface area contributed by atoms with Crippen LogP contribution >= 0.6 is 0 Å². The first kappa shape index (κ1) is 17.8. The Balaban J connectivity index is 1.90. The van der Waals surface area contributed by atoms with E-state index in [1.807, 2.05) is 45.4 Å². The van der Waals surface area contributed by atoms with E-state index in [-0.39, 0.29) is 12.1 Å². The van der Waals surface area contributed by atoms with Crippen LogP contribution in [0.5, 0.6) is 5.88 Å². The van der Waals surface area contributed by atoms with E-state index < -0.39 is 0 Å². The smallest absolute Gasteiger partial charge is 0.319 e. The number of hydrogen-bond acceptors (Lipinski definition) is 4. The summed E-state index contributed by atoms with van der Waals surface area (Å²) in [7, 11) is 0. The monoisotopic (exact) mass is 331 g/mol. The van der Waals surface area contributed by atoms with Gasteiger partial charge in [0.2, 0.25) is 5.88 Å². The van der Waals surface area contributed by atoms with Gasteiger partial charge in [0.05, 0.1) is 23.2 Å². The van der Waals surface area contributed by atoms with Crippen LogP contribution in [0.15, 0.2) is 18.3 Å². The Morgan fingerprint density at radius 3 is 2.62 bits per heavy atom. The van der Waals surface area contributed by atoms with Gasteiger partial charge in [0.1, 0.15) is 0 Å². The lowest BCUT2D eigenvalue weighted by Gasteiger charge is -2.10. The predicted octanol–water partition coefficient (Wildman–Crippen LogP) is 3.02. The Labute approximate surface area is 142 Å². The zero-order valence-corrected chi connectivity index (χ0v) is 14.9. The molecule has 0 aliphatic rings. The molecule has 0 aliphatic heterocycles. The third-order valence-electron chi connectivity index (χ3n) is 3.53. The van der Waals surface area contributed by atoms with Crippen LogP contribution in [-0.2, 0) is 13.1 Å². The quantitative estimate of drug-likeness (QED) is 0.852. The molecule has 0 atom stereocenters. The Morgan fingerprint density at radius 2 is 2.08 bits per heavy atom. The van der Waals surface area contributed by atoms with Crippen molar-refractivity contribution in [3.8, 4) is 5.88 Å². The fourth-order valence-corrected chi connectivity index (χ4v) is 2.35. The molecule has 0 spiro atoms. The Bertz CT molecular complexity index is 692. The molecule has 7 heteroatoms. The first-order chi connectivity index (χ1) is 11.4. The van der Waals surface area contributed by atoms with Crippen LogP contribution in [0.2, 0.25) is 0 Å². The van der Waals surface area contributed by atoms with Gasteiger partial charge < -0.3 is 15.4 Å². The van der Waals surface area contributed by atoms with Crippen LogP contribution in [0, 0.1) is 13.8 Å². The molecule has 2 rings (SSSR count). The molecule has 0 saturated carbocycles. The number of nitrogens with one attached hydrogen (secondary N) is 2. The summed E-state index contributed by atoms with van der Waals surface area (Å²) in [4.78, 5) is 16.3. The maximum Gasteiger partial charge on any atom is 0.319 e. The molecule has 2 amide bonds. The van der Waals surface area contributed by atoms with E-state index in [0.717, 1.165) is 29.2 Å². The van der Waals surface area contributed by atoms with E-state index in [1.165, 1.54) is 0 Å². The van der Waals surface area contributed by atoms with Crippen molar-refractivity contribution in [2.75, 3.05) is 5.32 Å². The van der Waals surface area contributed by atoms with Crippen molar-refractivity contribution < 1.29 is 9.53 Å². The van der Waals surface area contributed by atoms with Crippen molar-refractivity contribution in [2.24, 2.45) is 0 Å². The minimum atomic E-state index is -0.264.